The third kappa shape index (κ3) is 2.77. The summed E-state index contributed by atoms with van der Waals surface area (Å²) < 4.78 is 12.6. The van der Waals surface area contributed by atoms with E-state index in [9.17, 15) is 0 Å². The number of anilines is 1. The van der Waals surface area contributed by atoms with Crippen molar-refractivity contribution in [2.24, 2.45) is 5.92 Å². The van der Waals surface area contributed by atoms with E-state index in [1.165, 1.54) is 47.7 Å². The van der Waals surface area contributed by atoms with Gasteiger partial charge in [0.1, 0.15) is 0 Å². The van der Waals surface area contributed by atoms with Crippen molar-refractivity contribution in [1.29, 1.82) is 0 Å². The quantitative estimate of drug-likeness (QED) is 0.749. The third-order valence-electron chi connectivity index (χ3n) is 6.07. The molecule has 1 saturated carbocycles. The molecule has 3 heterocycles. The zero-order chi connectivity index (χ0) is 16.8. The smallest absolute Gasteiger partial charge is 0.160 e. The fraction of sp³-hybridized carbons (Fsp3) is 0.550. The molecule has 0 spiro atoms. The van der Waals surface area contributed by atoms with Gasteiger partial charge in [0, 0.05) is 51.8 Å². The Morgan fingerprint density at radius 2 is 1.84 bits per heavy atom. The SMILES string of the molecule is Brc1ccc2c3c(cncc13)CCN2C1CCC(C2OCCO2)CC1. The molecule has 0 bridgehead atoms. The molecule has 132 valence electrons. The number of ether oxygens (including phenoxy) is 2. The van der Waals surface area contributed by atoms with Crippen LogP contribution in [0.4, 0.5) is 5.69 Å². The lowest BCUT2D eigenvalue weighted by Gasteiger charge is -2.41. The molecule has 2 fully saturated rings. The van der Waals surface area contributed by atoms with E-state index in [4.69, 9.17) is 9.47 Å². The standard InChI is InChI=1S/C20H23BrN2O2/c21-17-5-6-18-19-14(11-22-12-16(17)19)7-8-23(18)15-3-1-13(2-4-15)20-24-9-10-25-20/h5-6,11-13,15,20H,1-4,7-10H2. The highest BCUT2D eigenvalue weighted by atomic mass is 79.9. The van der Waals surface area contributed by atoms with Gasteiger partial charge in [0.15, 0.2) is 6.29 Å². The van der Waals surface area contributed by atoms with Gasteiger partial charge < -0.3 is 14.4 Å². The topological polar surface area (TPSA) is 34.6 Å². The molecule has 5 heteroatoms. The monoisotopic (exact) mass is 402 g/mol. The van der Waals surface area contributed by atoms with Crippen LogP contribution >= 0.6 is 15.9 Å². The second-order valence-corrected chi connectivity index (χ2v) is 8.26. The molecule has 2 aromatic rings. The minimum Gasteiger partial charge on any atom is -0.368 e. The van der Waals surface area contributed by atoms with E-state index < -0.39 is 0 Å². The van der Waals surface area contributed by atoms with Gasteiger partial charge in [-0.05, 0) is 49.8 Å². The highest BCUT2D eigenvalue weighted by Crippen LogP contribution is 2.41. The van der Waals surface area contributed by atoms with Gasteiger partial charge in [-0.15, -0.1) is 0 Å². The molecule has 4 nitrogen and oxygen atoms in total. The summed E-state index contributed by atoms with van der Waals surface area (Å²) in [5.41, 5.74) is 2.77. The van der Waals surface area contributed by atoms with Crippen LogP contribution in [-0.4, -0.2) is 37.1 Å². The summed E-state index contributed by atoms with van der Waals surface area (Å²) in [6.45, 7) is 2.62. The first-order valence-electron chi connectivity index (χ1n) is 9.36. The zero-order valence-corrected chi connectivity index (χ0v) is 15.9. The maximum absolute atomic E-state index is 5.73. The molecule has 1 aromatic heterocycles. The van der Waals surface area contributed by atoms with Crippen molar-refractivity contribution < 1.29 is 9.47 Å². The molecule has 1 aliphatic carbocycles. The van der Waals surface area contributed by atoms with E-state index in [0.29, 0.717) is 12.0 Å². The van der Waals surface area contributed by atoms with E-state index in [-0.39, 0.29) is 6.29 Å². The van der Waals surface area contributed by atoms with Gasteiger partial charge in [-0.25, -0.2) is 0 Å². The van der Waals surface area contributed by atoms with Crippen molar-refractivity contribution in [3.05, 3.63) is 34.6 Å². The van der Waals surface area contributed by atoms with E-state index in [2.05, 4.69) is 37.9 Å². The minimum atomic E-state index is 0.0495. The molecule has 0 amide bonds. The lowest BCUT2D eigenvalue weighted by atomic mass is 9.83. The molecule has 1 saturated heterocycles. The summed E-state index contributed by atoms with van der Waals surface area (Å²) in [6, 6.07) is 5.08. The molecule has 0 radical (unpaired) electrons. The number of halogens is 1. The van der Waals surface area contributed by atoms with Crippen LogP contribution in [0.1, 0.15) is 31.2 Å². The van der Waals surface area contributed by atoms with Crippen molar-refractivity contribution >= 4 is 32.4 Å². The molecule has 1 aromatic carbocycles. The van der Waals surface area contributed by atoms with Crippen molar-refractivity contribution in [3.8, 4) is 0 Å². The first kappa shape index (κ1) is 16.0. The third-order valence-corrected chi connectivity index (χ3v) is 6.76. The van der Waals surface area contributed by atoms with E-state index >= 15 is 0 Å². The summed E-state index contributed by atoms with van der Waals surface area (Å²) in [4.78, 5) is 7.08. The molecule has 3 aliphatic rings. The van der Waals surface area contributed by atoms with E-state index in [1.54, 1.807) is 0 Å². The largest absolute Gasteiger partial charge is 0.368 e. The van der Waals surface area contributed by atoms with Crippen LogP contribution in [0.3, 0.4) is 0 Å². The second kappa shape index (κ2) is 6.53. The fourth-order valence-corrected chi connectivity index (χ4v) is 5.25. The van der Waals surface area contributed by atoms with Crippen molar-refractivity contribution in [3.63, 3.8) is 0 Å². The highest BCUT2D eigenvalue weighted by molar-refractivity contribution is 9.10. The lowest BCUT2D eigenvalue weighted by molar-refractivity contribution is -0.0930. The van der Waals surface area contributed by atoms with Gasteiger partial charge in [0.2, 0.25) is 0 Å². The Balaban J connectivity index is 1.40. The van der Waals surface area contributed by atoms with E-state index in [1.807, 2.05) is 12.4 Å². The molecule has 0 atom stereocenters. The van der Waals surface area contributed by atoms with Crippen LogP contribution in [0.2, 0.25) is 0 Å². The number of hydrogen-bond donors (Lipinski definition) is 0. The minimum absolute atomic E-state index is 0.0495. The molecule has 2 aliphatic heterocycles. The Morgan fingerprint density at radius 3 is 2.64 bits per heavy atom. The maximum Gasteiger partial charge on any atom is 0.160 e. The van der Waals surface area contributed by atoms with Crippen LogP contribution in [0.15, 0.2) is 29.0 Å². The van der Waals surface area contributed by atoms with Gasteiger partial charge >= 0.3 is 0 Å². The Kier molecular flexibility index (Phi) is 4.19. The van der Waals surface area contributed by atoms with Gasteiger partial charge in [0.25, 0.3) is 0 Å². The number of pyridine rings is 1. The van der Waals surface area contributed by atoms with Crippen LogP contribution in [0.25, 0.3) is 10.8 Å². The van der Waals surface area contributed by atoms with Gasteiger partial charge in [-0.1, -0.05) is 15.9 Å². The van der Waals surface area contributed by atoms with Gasteiger partial charge in [-0.3, -0.25) is 4.98 Å². The maximum atomic E-state index is 5.73. The number of aromatic nitrogens is 1. The molecule has 0 N–H and O–H groups in total. The zero-order valence-electron chi connectivity index (χ0n) is 14.3. The van der Waals surface area contributed by atoms with E-state index in [0.717, 1.165) is 30.7 Å². The van der Waals surface area contributed by atoms with Crippen LogP contribution in [-0.2, 0) is 15.9 Å². The summed E-state index contributed by atoms with van der Waals surface area (Å²) in [7, 11) is 0. The predicted octanol–water partition coefficient (Wildman–Crippen LogP) is 4.29. The summed E-state index contributed by atoms with van der Waals surface area (Å²) in [5, 5.41) is 2.63. The molecule has 5 rings (SSSR count). The summed E-state index contributed by atoms with van der Waals surface area (Å²) >= 11 is 3.69. The number of hydrogen-bond acceptors (Lipinski definition) is 4. The summed E-state index contributed by atoms with van der Waals surface area (Å²) in [6.07, 6.45) is 10.0. The molecule has 25 heavy (non-hydrogen) atoms. The Bertz CT molecular complexity index is 783. The molecular formula is C20H23BrN2O2. The number of nitrogens with zero attached hydrogens (tertiary/aromatic N) is 2. The Morgan fingerprint density at radius 1 is 1.04 bits per heavy atom. The average Bonchev–Trinajstić information content (AvgIpc) is 3.20. The van der Waals surface area contributed by atoms with Crippen LogP contribution in [0, 0.1) is 5.92 Å². The first-order valence-corrected chi connectivity index (χ1v) is 10.2. The van der Waals surface area contributed by atoms with Gasteiger partial charge in [0.05, 0.1) is 13.2 Å². The number of benzene rings is 1. The molecular weight excluding hydrogens is 380 g/mol. The predicted molar refractivity (Wildman–Crippen MR) is 102 cm³/mol. The van der Waals surface area contributed by atoms with Crippen molar-refractivity contribution in [2.45, 2.75) is 44.4 Å². The Hall–Kier alpha value is -1.17. The highest BCUT2D eigenvalue weighted by Gasteiger charge is 2.34. The fourth-order valence-electron chi connectivity index (χ4n) is 4.82. The van der Waals surface area contributed by atoms with Crippen LogP contribution < -0.4 is 4.90 Å². The summed E-state index contributed by atoms with van der Waals surface area (Å²) in [5.74, 6) is 0.574. The average molecular weight is 403 g/mol. The first-order chi connectivity index (χ1) is 12.3. The van der Waals surface area contributed by atoms with Crippen LogP contribution in [0.5, 0.6) is 0 Å². The molecule has 0 unspecified atom stereocenters. The normalized spacial score (nSPS) is 27.2. The Labute approximate surface area is 156 Å². The number of rotatable bonds is 2. The van der Waals surface area contributed by atoms with Crippen molar-refractivity contribution in [2.75, 3.05) is 24.7 Å². The van der Waals surface area contributed by atoms with Crippen molar-refractivity contribution in [1.82, 2.24) is 4.98 Å². The lowest BCUT2D eigenvalue weighted by Crippen LogP contribution is -2.42. The van der Waals surface area contributed by atoms with Gasteiger partial charge in [-0.2, -0.15) is 0 Å². The second-order valence-electron chi connectivity index (χ2n) is 7.41.